The molecule has 1 aromatic rings. The van der Waals surface area contributed by atoms with Gasteiger partial charge >= 0.3 is 5.97 Å². The Bertz CT molecular complexity index is 579. The molecule has 2 rings (SSSR count). The van der Waals surface area contributed by atoms with Gasteiger partial charge in [0.25, 0.3) is 10.0 Å². The lowest BCUT2D eigenvalue weighted by Gasteiger charge is -2.19. The second kappa shape index (κ2) is 5.30. The van der Waals surface area contributed by atoms with Crippen molar-refractivity contribution in [3.63, 3.8) is 0 Å². The van der Waals surface area contributed by atoms with E-state index in [1.54, 1.807) is 4.57 Å². The first-order valence-electron chi connectivity index (χ1n) is 6.23. The normalized spacial score (nSPS) is 14.8. The van der Waals surface area contributed by atoms with Crippen molar-refractivity contribution in [2.45, 2.75) is 37.8 Å². The Morgan fingerprint density at radius 2 is 2.32 bits per heavy atom. The van der Waals surface area contributed by atoms with Crippen molar-refractivity contribution in [3.05, 3.63) is 12.0 Å². The molecule has 0 amide bonds. The Morgan fingerprint density at radius 3 is 2.95 bits per heavy atom. The highest BCUT2D eigenvalue weighted by Crippen LogP contribution is 2.22. The Kier molecular flexibility index (Phi) is 3.91. The van der Waals surface area contributed by atoms with Gasteiger partial charge in [-0.25, -0.2) is 13.4 Å². The van der Waals surface area contributed by atoms with E-state index < -0.39 is 22.5 Å². The number of carboxylic acid groups (broad SMARTS) is 1. The Hall–Kier alpha value is -1.41. The summed E-state index contributed by atoms with van der Waals surface area (Å²) in [5.41, 5.74) is 0. The SMILES string of the molecule is CCCN(CC(=O)O)S(=O)(=O)c1cnc2n1CCC2. The largest absolute Gasteiger partial charge is 0.480 e. The topological polar surface area (TPSA) is 92.5 Å². The average Bonchev–Trinajstić information content (AvgIpc) is 2.88. The quantitative estimate of drug-likeness (QED) is 0.813. The van der Waals surface area contributed by atoms with E-state index >= 15 is 0 Å². The molecule has 8 heteroatoms. The maximum absolute atomic E-state index is 12.5. The zero-order chi connectivity index (χ0) is 14.0. The molecule has 106 valence electrons. The second-order valence-corrected chi connectivity index (χ2v) is 6.38. The summed E-state index contributed by atoms with van der Waals surface area (Å²) in [5.74, 6) is -0.400. The van der Waals surface area contributed by atoms with E-state index in [0.717, 1.165) is 23.0 Å². The molecule has 2 heterocycles. The number of sulfonamides is 1. The summed E-state index contributed by atoms with van der Waals surface area (Å²) in [6, 6.07) is 0. The molecule has 0 unspecified atom stereocenters. The van der Waals surface area contributed by atoms with E-state index in [9.17, 15) is 13.2 Å². The molecule has 1 aliphatic heterocycles. The Morgan fingerprint density at radius 1 is 1.58 bits per heavy atom. The van der Waals surface area contributed by atoms with E-state index in [1.807, 2.05) is 6.92 Å². The fourth-order valence-electron chi connectivity index (χ4n) is 2.25. The lowest BCUT2D eigenvalue weighted by atomic mass is 10.4. The van der Waals surface area contributed by atoms with Crippen molar-refractivity contribution in [1.29, 1.82) is 0 Å². The summed E-state index contributed by atoms with van der Waals surface area (Å²) in [4.78, 5) is 14.9. The van der Waals surface area contributed by atoms with Gasteiger partial charge in [-0.1, -0.05) is 6.92 Å². The standard InChI is InChI=1S/C11H17N3O4S/c1-2-5-13(8-11(15)16)19(17,18)10-7-12-9-4-3-6-14(9)10/h7H,2-6,8H2,1H3,(H,15,16). The number of nitrogens with zero attached hydrogens (tertiary/aromatic N) is 3. The van der Waals surface area contributed by atoms with Crippen molar-refractivity contribution in [1.82, 2.24) is 13.9 Å². The van der Waals surface area contributed by atoms with E-state index in [2.05, 4.69) is 4.98 Å². The van der Waals surface area contributed by atoms with E-state index in [0.29, 0.717) is 13.0 Å². The number of hydrogen-bond donors (Lipinski definition) is 1. The molecule has 0 saturated carbocycles. The molecule has 1 aromatic heterocycles. The highest BCUT2D eigenvalue weighted by atomic mass is 32.2. The number of aryl methyl sites for hydroxylation is 1. The van der Waals surface area contributed by atoms with Gasteiger partial charge < -0.3 is 9.67 Å². The Balaban J connectivity index is 2.36. The van der Waals surface area contributed by atoms with Crippen LogP contribution in [-0.2, 0) is 27.8 Å². The lowest BCUT2D eigenvalue weighted by Crippen LogP contribution is -2.37. The van der Waals surface area contributed by atoms with Gasteiger partial charge in [-0.3, -0.25) is 4.79 Å². The van der Waals surface area contributed by atoms with Crippen molar-refractivity contribution in [2.75, 3.05) is 13.1 Å². The van der Waals surface area contributed by atoms with Gasteiger partial charge in [-0.2, -0.15) is 4.31 Å². The van der Waals surface area contributed by atoms with Crippen molar-refractivity contribution in [3.8, 4) is 0 Å². The predicted octanol–water partition coefficient (Wildman–Crippen LogP) is 0.315. The molecule has 7 nitrogen and oxygen atoms in total. The molecular weight excluding hydrogens is 270 g/mol. The van der Waals surface area contributed by atoms with Crippen LogP contribution in [0.1, 0.15) is 25.6 Å². The highest BCUT2D eigenvalue weighted by molar-refractivity contribution is 7.89. The number of carboxylic acids is 1. The summed E-state index contributed by atoms with van der Waals surface area (Å²) in [6.07, 6.45) is 3.53. The number of aromatic nitrogens is 2. The van der Waals surface area contributed by atoms with Crippen LogP contribution in [0.5, 0.6) is 0 Å². The second-order valence-electron chi connectivity index (χ2n) is 4.50. The third kappa shape index (κ3) is 2.64. The predicted molar refractivity (Wildman–Crippen MR) is 67.2 cm³/mol. The van der Waals surface area contributed by atoms with Gasteiger partial charge in [0, 0.05) is 19.5 Å². The fourth-order valence-corrected chi connectivity index (χ4v) is 3.88. The van der Waals surface area contributed by atoms with Crippen LogP contribution in [0.2, 0.25) is 0 Å². The van der Waals surface area contributed by atoms with E-state index in [-0.39, 0.29) is 11.6 Å². The monoisotopic (exact) mass is 287 g/mol. The third-order valence-corrected chi connectivity index (χ3v) is 4.92. The van der Waals surface area contributed by atoms with Gasteiger partial charge in [0.15, 0.2) is 5.03 Å². The number of aliphatic carboxylic acids is 1. The number of carbonyl (C=O) groups is 1. The maximum Gasteiger partial charge on any atom is 0.318 e. The van der Waals surface area contributed by atoms with Crippen LogP contribution in [0.25, 0.3) is 0 Å². The molecule has 0 atom stereocenters. The summed E-state index contributed by atoms with van der Waals surface area (Å²) >= 11 is 0. The molecule has 0 saturated heterocycles. The number of rotatable bonds is 6. The van der Waals surface area contributed by atoms with Crippen molar-refractivity contribution < 1.29 is 18.3 Å². The van der Waals surface area contributed by atoms with Crippen LogP contribution in [0, 0.1) is 0 Å². The summed E-state index contributed by atoms with van der Waals surface area (Å²) in [5, 5.41) is 8.94. The minimum atomic E-state index is -3.79. The molecule has 0 fully saturated rings. The molecule has 19 heavy (non-hydrogen) atoms. The summed E-state index contributed by atoms with van der Waals surface area (Å²) in [6.45, 7) is 2.11. The molecule has 0 aliphatic carbocycles. The first-order valence-corrected chi connectivity index (χ1v) is 7.67. The number of hydrogen-bond acceptors (Lipinski definition) is 4. The fraction of sp³-hybridized carbons (Fsp3) is 0.636. The van der Waals surface area contributed by atoms with Gasteiger partial charge in [0.2, 0.25) is 0 Å². The number of fused-ring (bicyclic) bond motifs is 1. The van der Waals surface area contributed by atoms with Crippen LogP contribution < -0.4 is 0 Å². The zero-order valence-electron chi connectivity index (χ0n) is 10.7. The molecule has 0 aromatic carbocycles. The molecule has 0 bridgehead atoms. The smallest absolute Gasteiger partial charge is 0.318 e. The first-order chi connectivity index (χ1) is 8.96. The van der Waals surface area contributed by atoms with Gasteiger partial charge in [-0.15, -0.1) is 0 Å². The van der Waals surface area contributed by atoms with Gasteiger partial charge in [0.1, 0.15) is 12.4 Å². The van der Waals surface area contributed by atoms with E-state index in [1.165, 1.54) is 6.20 Å². The molecular formula is C11H17N3O4S. The summed E-state index contributed by atoms with van der Waals surface area (Å²) < 4.78 is 27.6. The average molecular weight is 287 g/mol. The van der Waals surface area contributed by atoms with Gasteiger partial charge in [0.05, 0.1) is 6.20 Å². The highest BCUT2D eigenvalue weighted by Gasteiger charge is 2.31. The molecule has 1 N–H and O–H groups in total. The van der Waals surface area contributed by atoms with Crippen molar-refractivity contribution in [2.24, 2.45) is 0 Å². The Labute approximate surface area is 111 Å². The minimum absolute atomic E-state index is 0.106. The molecule has 1 aliphatic rings. The van der Waals surface area contributed by atoms with Crippen molar-refractivity contribution >= 4 is 16.0 Å². The summed E-state index contributed by atoms with van der Waals surface area (Å²) in [7, 11) is -3.79. The van der Waals surface area contributed by atoms with Crippen LogP contribution in [0.4, 0.5) is 0 Å². The van der Waals surface area contributed by atoms with Crippen LogP contribution in [0.3, 0.4) is 0 Å². The van der Waals surface area contributed by atoms with Gasteiger partial charge in [-0.05, 0) is 12.8 Å². The van der Waals surface area contributed by atoms with Crippen LogP contribution >= 0.6 is 0 Å². The van der Waals surface area contributed by atoms with Crippen LogP contribution in [-0.4, -0.2) is 46.4 Å². The number of imidazole rings is 1. The molecule has 0 spiro atoms. The lowest BCUT2D eigenvalue weighted by molar-refractivity contribution is -0.137. The first kappa shape index (κ1) is 14.0. The zero-order valence-corrected chi connectivity index (χ0v) is 11.6. The van der Waals surface area contributed by atoms with E-state index in [4.69, 9.17) is 5.11 Å². The third-order valence-electron chi connectivity index (χ3n) is 3.07. The molecule has 0 radical (unpaired) electrons. The minimum Gasteiger partial charge on any atom is -0.480 e. The maximum atomic E-state index is 12.5. The van der Waals surface area contributed by atoms with Crippen LogP contribution in [0.15, 0.2) is 11.2 Å².